The Bertz CT molecular complexity index is 1260. The van der Waals surface area contributed by atoms with Gasteiger partial charge in [0.1, 0.15) is 5.15 Å². The molecule has 0 fully saturated rings. The molecule has 5 rings (SSSR count). The van der Waals surface area contributed by atoms with Crippen molar-refractivity contribution >= 4 is 17.7 Å². The van der Waals surface area contributed by atoms with Gasteiger partial charge in [-0.25, -0.2) is 4.98 Å². The maximum absolute atomic E-state index is 6.02. The minimum atomic E-state index is 0.476. The number of pyridine rings is 3. The lowest BCUT2D eigenvalue weighted by Crippen LogP contribution is -2.19. The zero-order valence-electron chi connectivity index (χ0n) is 17.2. The van der Waals surface area contributed by atoms with Gasteiger partial charge in [0.25, 0.3) is 0 Å². The van der Waals surface area contributed by atoms with Gasteiger partial charge in [-0.3, -0.25) is 9.97 Å². The summed E-state index contributed by atoms with van der Waals surface area (Å²) >= 11 is 6.02. The molecule has 1 aromatic carbocycles. The van der Waals surface area contributed by atoms with Gasteiger partial charge < -0.3 is 4.90 Å². The number of rotatable bonds is 4. The van der Waals surface area contributed by atoms with Crippen LogP contribution in [0.1, 0.15) is 22.4 Å². The molecule has 0 amide bonds. The van der Waals surface area contributed by atoms with Crippen LogP contribution in [0.25, 0.3) is 28.5 Å². The van der Waals surface area contributed by atoms with Gasteiger partial charge in [-0.05, 0) is 71.1 Å². The second-order valence-electron chi connectivity index (χ2n) is 7.74. The van der Waals surface area contributed by atoms with Gasteiger partial charge in [-0.15, -0.1) is 0 Å². The summed E-state index contributed by atoms with van der Waals surface area (Å²) in [7, 11) is 0. The van der Waals surface area contributed by atoms with E-state index in [-0.39, 0.29) is 0 Å². The van der Waals surface area contributed by atoms with Crippen molar-refractivity contribution in [3.8, 4) is 22.4 Å². The second-order valence-corrected chi connectivity index (χ2v) is 8.13. The molecule has 0 unspecified atom stereocenters. The third kappa shape index (κ3) is 4.35. The standard InChI is InChI=1S/C26H21ClN4/c1-18-12-21(6-9-28-18)20-4-2-19(3-5-20)16-31-11-8-22-13-25(30-15-24(22)17-31)23-7-10-29-26(27)14-23/h2-15H,16-17H2,1H3. The molecule has 5 heteroatoms. The van der Waals surface area contributed by atoms with E-state index in [0.717, 1.165) is 30.0 Å². The van der Waals surface area contributed by atoms with Gasteiger partial charge in [0.15, 0.2) is 0 Å². The lowest BCUT2D eigenvalue weighted by Gasteiger charge is -2.25. The SMILES string of the molecule is Cc1cc(-c2ccc(CN3C=Cc4cc(-c5ccnc(Cl)c5)ncc4C3)cc2)ccn1. The monoisotopic (exact) mass is 424 g/mol. The maximum Gasteiger partial charge on any atom is 0.129 e. The van der Waals surface area contributed by atoms with Crippen molar-refractivity contribution in [2.45, 2.75) is 20.0 Å². The largest absolute Gasteiger partial charge is 0.369 e. The quantitative estimate of drug-likeness (QED) is 0.368. The van der Waals surface area contributed by atoms with Crippen molar-refractivity contribution in [2.75, 3.05) is 0 Å². The third-order valence-electron chi connectivity index (χ3n) is 5.45. The molecule has 4 heterocycles. The number of aryl methyl sites for hydroxylation is 1. The van der Waals surface area contributed by atoms with E-state index in [2.05, 4.69) is 68.5 Å². The van der Waals surface area contributed by atoms with Gasteiger partial charge in [-0.2, -0.15) is 0 Å². The zero-order valence-corrected chi connectivity index (χ0v) is 17.9. The number of aromatic nitrogens is 3. The van der Waals surface area contributed by atoms with Crippen LogP contribution in [0.2, 0.25) is 5.15 Å². The summed E-state index contributed by atoms with van der Waals surface area (Å²) in [5.74, 6) is 0. The van der Waals surface area contributed by atoms with E-state index in [0.29, 0.717) is 5.15 Å². The highest BCUT2D eigenvalue weighted by Crippen LogP contribution is 2.27. The average molecular weight is 425 g/mol. The number of fused-ring (bicyclic) bond motifs is 1. The Morgan fingerprint density at radius 1 is 0.871 bits per heavy atom. The summed E-state index contributed by atoms with van der Waals surface area (Å²) in [4.78, 5) is 15.3. The highest BCUT2D eigenvalue weighted by molar-refractivity contribution is 6.29. The normalized spacial score (nSPS) is 12.6. The summed E-state index contributed by atoms with van der Waals surface area (Å²) < 4.78 is 0. The average Bonchev–Trinajstić information content (AvgIpc) is 2.79. The van der Waals surface area contributed by atoms with Gasteiger partial charge in [0, 0.05) is 49.1 Å². The summed E-state index contributed by atoms with van der Waals surface area (Å²) in [6, 6.07) is 18.8. The van der Waals surface area contributed by atoms with Crippen LogP contribution in [0, 0.1) is 6.92 Å². The van der Waals surface area contributed by atoms with Crippen LogP contribution < -0.4 is 0 Å². The summed E-state index contributed by atoms with van der Waals surface area (Å²) in [6.07, 6.45) is 9.84. The van der Waals surface area contributed by atoms with E-state index in [1.165, 1.54) is 27.8 Å². The number of hydrogen-bond donors (Lipinski definition) is 0. The highest BCUT2D eigenvalue weighted by Gasteiger charge is 2.13. The number of halogens is 1. The molecule has 1 aliphatic heterocycles. The molecule has 0 aliphatic carbocycles. The first kappa shape index (κ1) is 19.5. The highest BCUT2D eigenvalue weighted by atomic mass is 35.5. The van der Waals surface area contributed by atoms with E-state index in [9.17, 15) is 0 Å². The molecule has 1 aliphatic rings. The molecule has 3 aromatic heterocycles. The number of benzene rings is 1. The predicted octanol–water partition coefficient (Wildman–Crippen LogP) is 6.15. The Hall–Kier alpha value is -3.50. The molecule has 0 saturated carbocycles. The fraction of sp³-hybridized carbons (Fsp3) is 0.115. The Labute approximate surface area is 186 Å². The topological polar surface area (TPSA) is 41.9 Å². The molecule has 4 nitrogen and oxygen atoms in total. The Morgan fingerprint density at radius 3 is 2.48 bits per heavy atom. The maximum atomic E-state index is 6.02. The summed E-state index contributed by atoms with van der Waals surface area (Å²) in [6.45, 7) is 3.71. The van der Waals surface area contributed by atoms with Crippen LogP contribution in [-0.2, 0) is 13.1 Å². The van der Waals surface area contributed by atoms with Crippen LogP contribution in [-0.4, -0.2) is 19.9 Å². The first-order valence-electron chi connectivity index (χ1n) is 10.2. The number of nitrogens with zero attached hydrogens (tertiary/aromatic N) is 4. The second kappa shape index (κ2) is 8.32. The zero-order chi connectivity index (χ0) is 21.2. The van der Waals surface area contributed by atoms with Crippen molar-refractivity contribution in [2.24, 2.45) is 0 Å². The molecule has 4 aromatic rings. The van der Waals surface area contributed by atoms with E-state index in [1.807, 2.05) is 37.5 Å². The van der Waals surface area contributed by atoms with E-state index in [1.54, 1.807) is 6.20 Å². The predicted molar refractivity (Wildman–Crippen MR) is 125 cm³/mol. The van der Waals surface area contributed by atoms with Crippen LogP contribution in [0.4, 0.5) is 0 Å². The Morgan fingerprint density at radius 2 is 1.68 bits per heavy atom. The van der Waals surface area contributed by atoms with Gasteiger partial charge >= 0.3 is 0 Å². The van der Waals surface area contributed by atoms with Crippen LogP contribution >= 0.6 is 11.6 Å². The molecule has 152 valence electrons. The van der Waals surface area contributed by atoms with Crippen molar-refractivity contribution in [3.63, 3.8) is 0 Å². The third-order valence-corrected chi connectivity index (χ3v) is 5.66. The van der Waals surface area contributed by atoms with Crippen molar-refractivity contribution < 1.29 is 0 Å². The Balaban J connectivity index is 1.30. The Kier molecular flexibility index (Phi) is 5.23. The van der Waals surface area contributed by atoms with Gasteiger partial charge in [0.05, 0.1) is 5.69 Å². The van der Waals surface area contributed by atoms with Crippen LogP contribution in [0.3, 0.4) is 0 Å². The molecule has 31 heavy (non-hydrogen) atoms. The smallest absolute Gasteiger partial charge is 0.129 e. The lowest BCUT2D eigenvalue weighted by molar-refractivity contribution is 0.359. The van der Waals surface area contributed by atoms with Crippen molar-refractivity contribution in [3.05, 3.63) is 107 Å². The van der Waals surface area contributed by atoms with Crippen molar-refractivity contribution in [1.82, 2.24) is 19.9 Å². The molecule has 0 radical (unpaired) electrons. The van der Waals surface area contributed by atoms with E-state index >= 15 is 0 Å². The molecule has 0 atom stereocenters. The fourth-order valence-corrected chi connectivity index (χ4v) is 4.01. The molecule has 0 spiro atoms. The van der Waals surface area contributed by atoms with Gasteiger partial charge in [-0.1, -0.05) is 35.9 Å². The molecular weight excluding hydrogens is 404 g/mol. The molecule has 0 N–H and O–H groups in total. The van der Waals surface area contributed by atoms with Crippen LogP contribution in [0.5, 0.6) is 0 Å². The summed E-state index contributed by atoms with van der Waals surface area (Å²) in [5.41, 5.74) is 9.00. The van der Waals surface area contributed by atoms with Crippen LogP contribution in [0.15, 0.2) is 79.4 Å². The molecule has 0 saturated heterocycles. The summed E-state index contributed by atoms with van der Waals surface area (Å²) in [5, 5.41) is 0.476. The first-order valence-corrected chi connectivity index (χ1v) is 10.6. The van der Waals surface area contributed by atoms with Crippen molar-refractivity contribution in [1.29, 1.82) is 0 Å². The first-order chi connectivity index (χ1) is 15.1. The van der Waals surface area contributed by atoms with Gasteiger partial charge in [0.2, 0.25) is 0 Å². The fourth-order valence-electron chi connectivity index (χ4n) is 3.83. The molecular formula is C26H21ClN4. The van der Waals surface area contributed by atoms with E-state index < -0.39 is 0 Å². The van der Waals surface area contributed by atoms with E-state index in [4.69, 9.17) is 11.6 Å². The lowest BCUT2D eigenvalue weighted by atomic mass is 10.0. The number of hydrogen-bond acceptors (Lipinski definition) is 4. The molecule has 0 bridgehead atoms. The minimum absolute atomic E-state index is 0.476. The minimum Gasteiger partial charge on any atom is -0.369 e.